The maximum Gasteiger partial charge on any atom is 0.705 e. The molecule has 0 aliphatic carbocycles. The summed E-state index contributed by atoms with van der Waals surface area (Å²) in [6.45, 7) is 0.863. The van der Waals surface area contributed by atoms with Crippen LogP contribution in [-0.4, -0.2) is 43.3 Å². The van der Waals surface area contributed by atoms with Gasteiger partial charge in [0.25, 0.3) is 5.56 Å². The molecule has 1 saturated heterocycles. The third kappa shape index (κ3) is 4.65. The Morgan fingerprint density at radius 3 is 2.83 bits per heavy atom. The van der Waals surface area contributed by atoms with Gasteiger partial charge in [0.2, 0.25) is 0 Å². The van der Waals surface area contributed by atoms with Crippen LogP contribution in [0.15, 0.2) is 15.8 Å². The van der Waals surface area contributed by atoms with Crippen LogP contribution in [0.1, 0.15) is 18.2 Å². The predicted molar refractivity (Wildman–Crippen MR) is 77.3 cm³/mol. The van der Waals surface area contributed by atoms with Gasteiger partial charge in [-0.15, -0.1) is 4.89 Å². The topological polar surface area (TPSA) is 177 Å². The first-order valence-electron chi connectivity index (χ1n) is 6.58. The number of hydrogen-bond donors (Lipinski definition) is 4. The number of rotatable bonds is 6. The molecule has 2 rings (SSSR count). The van der Waals surface area contributed by atoms with Crippen molar-refractivity contribution >= 4 is 16.1 Å². The van der Waals surface area contributed by atoms with Crippen LogP contribution in [0.25, 0.3) is 0 Å². The number of H-pyrrole nitrogens is 1. The van der Waals surface area contributed by atoms with Gasteiger partial charge in [-0.2, -0.15) is 0 Å². The number of nitrogens with one attached hydrogen (secondary N) is 1. The van der Waals surface area contributed by atoms with Gasteiger partial charge in [-0.05, 0) is 11.2 Å². The fraction of sp³-hybridized carbons (Fsp3) is 0.600. The van der Waals surface area contributed by atoms with E-state index in [9.17, 15) is 23.8 Å². The van der Waals surface area contributed by atoms with Gasteiger partial charge in [-0.1, -0.05) is 0 Å². The maximum absolute atomic E-state index is 11.8. The van der Waals surface area contributed by atoms with Gasteiger partial charge in [0.1, 0.15) is 12.3 Å². The van der Waals surface area contributed by atoms with Crippen LogP contribution in [0.2, 0.25) is 0 Å². The van der Waals surface area contributed by atoms with Crippen LogP contribution in [0, 0.1) is 6.92 Å². The number of hydrogen-bond acceptors (Lipinski definition) is 8. The van der Waals surface area contributed by atoms with Crippen molar-refractivity contribution < 1.29 is 37.6 Å². The van der Waals surface area contributed by atoms with Gasteiger partial charge in [0.15, 0.2) is 0 Å². The lowest BCUT2D eigenvalue weighted by atomic mass is 10.2. The highest BCUT2D eigenvalue weighted by Gasteiger charge is 2.40. The molecule has 24 heavy (non-hydrogen) atoms. The van der Waals surface area contributed by atoms with Gasteiger partial charge < -0.3 is 9.84 Å². The fourth-order valence-electron chi connectivity index (χ4n) is 2.12. The molecule has 1 aromatic heterocycles. The van der Waals surface area contributed by atoms with Crippen LogP contribution in [0.4, 0.5) is 0 Å². The van der Waals surface area contributed by atoms with E-state index in [0.29, 0.717) is 0 Å². The lowest BCUT2D eigenvalue weighted by molar-refractivity contribution is -0.0447. The van der Waals surface area contributed by atoms with Crippen LogP contribution < -0.4 is 11.2 Å². The second kappa shape index (κ2) is 7.34. The maximum atomic E-state index is 11.8. The summed E-state index contributed by atoms with van der Waals surface area (Å²) in [7, 11) is -8.13. The van der Waals surface area contributed by atoms with Gasteiger partial charge >= 0.3 is 21.8 Å². The summed E-state index contributed by atoms with van der Waals surface area (Å²) in [6.07, 6.45) is -1.93. The molecule has 1 aromatic rings. The van der Waals surface area contributed by atoms with Crippen molar-refractivity contribution in [2.24, 2.45) is 0 Å². The van der Waals surface area contributed by atoms with Gasteiger partial charge in [-0.25, -0.2) is 9.36 Å². The Balaban J connectivity index is 2.06. The van der Waals surface area contributed by atoms with Crippen molar-refractivity contribution in [3.8, 4) is 0 Å². The summed E-state index contributed by atoms with van der Waals surface area (Å²) in [5, 5.41) is 9.90. The molecule has 5 atom stereocenters. The summed E-state index contributed by atoms with van der Waals surface area (Å²) in [5.41, 5.74) is -1.03. The summed E-state index contributed by atoms with van der Waals surface area (Å²) >= 11 is 0. The Bertz CT molecular complexity index is 789. The van der Waals surface area contributed by atoms with Crippen molar-refractivity contribution in [3.05, 3.63) is 32.6 Å². The zero-order valence-electron chi connectivity index (χ0n) is 12.3. The Labute approximate surface area is 135 Å². The van der Waals surface area contributed by atoms with E-state index in [0.717, 1.165) is 4.57 Å². The van der Waals surface area contributed by atoms with E-state index in [4.69, 9.17) is 14.5 Å². The molecule has 14 heteroatoms. The summed E-state index contributed by atoms with van der Waals surface area (Å²) in [5.74, 6) is 0. The lowest BCUT2D eigenvalue weighted by Crippen LogP contribution is -2.33. The molecule has 0 aromatic carbocycles. The summed E-state index contributed by atoms with van der Waals surface area (Å²) in [6, 6.07) is 0. The van der Waals surface area contributed by atoms with E-state index in [2.05, 4.69) is 13.8 Å². The lowest BCUT2D eigenvalue weighted by Gasteiger charge is -2.16. The second-order valence-corrected chi connectivity index (χ2v) is 7.32. The summed E-state index contributed by atoms with van der Waals surface area (Å²) in [4.78, 5) is 42.8. The molecule has 1 aliphatic rings. The fourth-order valence-corrected chi connectivity index (χ4v) is 3.35. The molecule has 0 spiro atoms. The number of phosphoric ester groups is 1. The van der Waals surface area contributed by atoms with Crippen molar-refractivity contribution in [1.82, 2.24) is 9.55 Å². The highest BCUT2D eigenvalue weighted by Crippen LogP contribution is 2.51. The van der Waals surface area contributed by atoms with Crippen molar-refractivity contribution in [3.63, 3.8) is 0 Å². The molecule has 0 bridgehead atoms. The quantitative estimate of drug-likeness (QED) is 0.457. The average Bonchev–Trinajstić information content (AvgIpc) is 2.80. The molecule has 12 nitrogen and oxygen atoms in total. The van der Waals surface area contributed by atoms with Gasteiger partial charge in [-0.3, -0.25) is 23.8 Å². The first-order chi connectivity index (χ1) is 11.1. The molecule has 134 valence electrons. The average molecular weight is 385 g/mol. The number of aryl methyl sites for hydroxylation is 1. The molecule has 0 radical (unpaired) electrons. The summed E-state index contributed by atoms with van der Waals surface area (Å²) < 4.78 is 36.4. The van der Waals surface area contributed by atoms with E-state index in [1.54, 1.807) is 0 Å². The molecule has 0 saturated carbocycles. The van der Waals surface area contributed by atoms with Crippen LogP contribution in [0.3, 0.4) is 0 Å². The predicted octanol–water partition coefficient (Wildman–Crippen LogP) is -0.723. The molecule has 1 fully saturated rings. The molecule has 4 N–H and O–H groups in total. The smallest absolute Gasteiger partial charge is 0.390 e. The number of aromatic amines is 1. The number of phosphoric acid groups is 1. The van der Waals surface area contributed by atoms with Crippen molar-refractivity contribution in [2.75, 3.05) is 6.61 Å². The Morgan fingerprint density at radius 2 is 2.21 bits per heavy atom. The van der Waals surface area contributed by atoms with E-state index < -0.39 is 52.4 Å². The largest absolute Gasteiger partial charge is 0.705 e. The van der Waals surface area contributed by atoms with Crippen LogP contribution in [0.5, 0.6) is 0 Å². The Kier molecular flexibility index (Phi) is 5.84. The minimum absolute atomic E-state index is 0.0374. The molecule has 2 unspecified atom stereocenters. The molecular formula is C10H15N2O10P2+. The number of nitrogens with zero attached hydrogens (tertiary/aromatic N) is 1. The molecular weight excluding hydrogens is 370 g/mol. The normalized spacial score (nSPS) is 27.0. The Morgan fingerprint density at radius 1 is 1.54 bits per heavy atom. The first kappa shape index (κ1) is 19.1. The third-order valence-corrected chi connectivity index (χ3v) is 5.09. The van der Waals surface area contributed by atoms with Gasteiger partial charge in [0.05, 0.1) is 12.7 Å². The van der Waals surface area contributed by atoms with E-state index in [1.165, 1.54) is 13.1 Å². The van der Waals surface area contributed by atoms with Gasteiger partial charge in [0, 0.05) is 22.7 Å². The molecule has 0 amide bonds. The number of aromatic nitrogens is 2. The standard InChI is InChI=1S/C10H14N2O10P2/c1-5-3-12(10(15)11-9(5)14)8-2-6(13)7(21-8)4-20-24(18,19)22-23(16)17/h3,6-8,13H,2,4H2,1H3,(H2-,11,14,15,16,17,18,19)/p+1/t6-,7-,8-/m1/s1. The second-order valence-electron chi connectivity index (χ2n) is 4.99. The SMILES string of the molecule is Cc1cn([C@H]2C[C@@H](O)[C@@H](COP(=O)(O)O[P+](=O)O)O2)c(=O)[nH]c1=O. The zero-order valence-corrected chi connectivity index (χ0v) is 14.1. The molecule has 1 aliphatic heterocycles. The zero-order chi connectivity index (χ0) is 18.1. The van der Waals surface area contributed by atoms with Crippen LogP contribution >= 0.6 is 16.1 Å². The van der Waals surface area contributed by atoms with Crippen molar-refractivity contribution in [1.29, 1.82) is 0 Å². The van der Waals surface area contributed by atoms with Crippen LogP contribution in [-0.2, 0) is 22.7 Å². The number of aliphatic hydroxyl groups is 1. The number of ether oxygens (including phenoxy) is 1. The highest BCUT2D eigenvalue weighted by molar-refractivity contribution is 7.55. The van der Waals surface area contributed by atoms with E-state index >= 15 is 0 Å². The highest BCUT2D eigenvalue weighted by atomic mass is 31.2. The number of aliphatic hydroxyl groups excluding tert-OH is 1. The minimum atomic E-state index is -4.78. The van der Waals surface area contributed by atoms with Crippen molar-refractivity contribution in [2.45, 2.75) is 31.8 Å². The minimum Gasteiger partial charge on any atom is -0.390 e. The molecule has 2 heterocycles. The van der Waals surface area contributed by atoms with E-state index in [1.807, 2.05) is 0 Å². The first-order valence-corrected chi connectivity index (χ1v) is 9.20. The van der Waals surface area contributed by atoms with E-state index in [-0.39, 0.29) is 12.0 Å². The monoisotopic (exact) mass is 385 g/mol. The third-order valence-electron chi connectivity index (χ3n) is 3.24. The Hall–Kier alpha value is -1.23.